The van der Waals surface area contributed by atoms with Crippen LogP contribution in [0.5, 0.6) is 17.2 Å². The monoisotopic (exact) mass is 434 g/mol. The number of hydrogen-bond acceptors (Lipinski definition) is 5. The lowest BCUT2D eigenvalue weighted by Gasteiger charge is -2.09. The maximum Gasteiger partial charge on any atom is 0.277 e. The zero-order chi connectivity index (χ0) is 19.8. The van der Waals surface area contributed by atoms with Gasteiger partial charge in [-0.05, 0) is 64.2 Å². The SMILES string of the molecule is CCOc1cc(/C=N\NC(=O)COc2ccc(C(C)C)cc2)cc(Br)c1O. The minimum Gasteiger partial charge on any atom is -0.503 e. The summed E-state index contributed by atoms with van der Waals surface area (Å²) < 4.78 is 11.3. The Kier molecular flexibility index (Phi) is 7.67. The van der Waals surface area contributed by atoms with E-state index in [1.54, 1.807) is 12.1 Å². The molecular weight excluding hydrogens is 412 g/mol. The van der Waals surface area contributed by atoms with Crippen LogP contribution in [0.3, 0.4) is 0 Å². The Labute approximate surface area is 167 Å². The van der Waals surface area contributed by atoms with Crippen molar-refractivity contribution in [2.24, 2.45) is 5.10 Å². The molecule has 2 N–H and O–H groups in total. The van der Waals surface area contributed by atoms with E-state index in [2.05, 4.69) is 40.3 Å². The Morgan fingerprint density at radius 1 is 1.26 bits per heavy atom. The molecule has 1 amide bonds. The highest BCUT2D eigenvalue weighted by molar-refractivity contribution is 9.10. The fourth-order valence-corrected chi connectivity index (χ4v) is 2.70. The van der Waals surface area contributed by atoms with E-state index in [-0.39, 0.29) is 18.3 Å². The van der Waals surface area contributed by atoms with Crippen molar-refractivity contribution >= 4 is 28.1 Å². The summed E-state index contributed by atoms with van der Waals surface area (Å²) in [5, 5.41) is 13.8. The first kappa shape index (κ1) is 20.8. The van der Waals surface area contributed by atoms with Gasteiger partial charge < -0.3 is 14.6 Å². The average Bonchev–Trinajstić information content (AvgIpc) is 2.64. The van der Waals surface area contributed by atoms with Crippen LogP contribution in [0.15, 0.2) is 46.0 Å². The van der Waals surface area contributed by atoms with E-state index in [4.69, 9.17) is 9.47 Å². The maximum atomic E-state index is 11.8. The van der Waals surface area contributed by atoms with Gasteiger partial charge in [-0.3, -0.25) is 4.79 Å². The first-order valence-electron chi connectivity index (χ1n) is 8.60. The minimum absolute atomic E-state index is 0.0231. The van der Waals surface area contributed by atoms with Gasteiger partial charge in [0.25, 0.3) is 5.91 Å². The molecule has 0 fully saturated rings. The number of nitrogens with one attached hydrogen (secondary N) is 1. The van der Waals surface area contributed by atoms with Crippen LogP contribution >= 0.6 is 15.9 Å². The number of carbonyl (C=O) groups is 1. The van der Waals surface area contributed by atoms with Crippen LogP contribution in [0.2, 0.25) is 0 Å². The first-order chi connectivity index (χ1) is 12.9. The Morgan fingerprint density at radius 3 is 2.59 bits per heavy atom. The molecule has 0 aliphatic rings. The highest BCUT2D eigenvalue weighted by Crippen LogP contribution is 2.35. The zero-order valence-corrected chi connectivity index (χ0v) is 17.1. The molecule has 0 aliphatic heterocycles. The van der Waals surface area contributed by atoms with Gasteiger partial charge in [0.15, 0.2) is 18.1 Å². The first-order valence-corrected chi connectivity index (χ1v) is 9.40. The molecule has 27 heavy (non-hydrogen) atoms. The number of phenols is 1. The second kappa shape index (κ2) is 9.97. The van der Waals surface area contributed by atoms with E-state index in [9.17, 15) is 9.90 Å². The molecule has 7 heteroatoms. The zero-order valence-electron chi connectivity index (χ0n) is 15.5. The Balaban J connectivity index is 1.88. The molecule has 0 bridgehead atoms. The number of aromatic hydroxyl groups is 1. The van der Waals surface area contributed by atoms with Gasteiger partial charge in [-0.15, -0.1) is 0 Å². The maximum absolute atomic E-state index is 11.8. The van der Waals surface area contributed by atoms with E-state index >= 15 is 0 Å². The van der Waals surface area contributed by atoms with Crippen molar-refractivity contribution in [1.82, 2.24) is 5.43 Å². The molecule has 0 atom stereocenters. The molecule has 0 spiro atoms. The fourth-order valence-electron chi connectivity index (χ4n) is 2.24. The fraction of sp³-hybridized carbons (Fsp3) is 0.300. The van der Waals surface area contributed by atoms with Crippen LogP contribution in [0.25, 0.3) is 0 Å². The van der Waals surface area contributed by atoms with Gasteiger partial charge >= 0.3 is 0 Å². The number of amides is 1. The highest BCUT2D eigenvalue weighted by Gasteiger charge is 2.08. The van der Waals surface area contributed by atoms with Crippen LogP contribution in [0, 0.1) is 0 Å². The molecular formula is C20H23BrN2O4. The summed E-state index contributed by atoms with van der Waals surface area (Å²) in [7, 11) is 0. The summed E-state index contributed by atoms with van der Waals surface area (Å²) in [6.45, 7) is 6.34. The molecule has 144 valence electrons. The summed E-state index contributed by atoms with van der Waals surface area (Å²) >= 11 is 3.25. The van der Waals surface area contributed by atoms with Gasteiger partial charge in [-0.2, -0.15) is 5.10 Å². The van der Waals surface area contributed by atoms with Crippen molar-refractivity contribution < 1.29 is 19.4 Å². The second-order valence-electron chi connectivity index (χ2n) is 6.09. The van der Waals surface area contributed by atoms with Crippen molar-refractivity contribution in [3.05, 3.63) is 52.0 Å². The summed E-state index contributed by atoms with van der Waals surface area (Å²) in [5.41, 5.74) is 4.28. The minimum atomic E-state index is -0.373. The van der Waals surface area contributed by atoms with E-state index in [0.29, 0.717) is 34.1 Å². The average molecular weight is 435 g/mol. The van der Waals surface area contributed by atoms with Crippen molar-refractivity contribution in [2.75, 3.05) is 13.2 Å². The van der Waals surface area contributed by atoms with Crippen molar-refractivity contribution in [3.63, 3.8) is 0 Å². The topological polar surface area (TPSA) is 80.2 Å². The number of carbonyl (C=O) groups excluding carboxylic acids is 1. The molecule has 0 saturated carbocycles. The highest BCUT2D eigenvalue weighted by atomic mass is 79.9. The molecule has 0 radical (unpaired) electrons. The van der Waals surface area contributed by atoms with Crippen LogP contribution in [-0.2, 0) is 4.79 Å². The van der Waals surface area contributed by atoms with Gasteiger partial charge in [0, 0.05) is 0 Å². The molecule has 0 aromatic heterocycles. The second-order valence-corrected chi connectivity index (χ2v) is 6.94. The van der Waals surface area contributed by atoms with Gasteiger partial charge in [-0.25, -0.2) is 5.43 Å². The quantitative estimate of drug-likeness (QED) is 0.481. The third-order valence-corrected chi connectivity index (χ3v) is 4.27. The number of halogens is 1. The van der Waals surface area contributed by atoms with Crippen LogP contribution in [0.4, 0.5) is 0 Å². The van der Waals surface area contributed by atoms with E-state index in [1.807, 2.05) is 31.2 Å². The third-order valence-electron chi connectivity index (χ3n) is 3.67. The van der Waals surface area contributed by atoms with E-state index in [1.165, 1.54) is 11.8 Å². The number of ether oxygens (including phenoxy) is 2. The van der Waals surface area contributed by atoms with Crippen LogP contribution in [0.1, 0.15) is 37.8 Å². The number of phenolic OH excluding ortho intramolecular Hbond substituents is 1. The summed E-state index contributed by atoms with van der Waals surface area (Å²) in [6, 6.07) is 10.9. The van der Waals surface area contributed by atoms with Crippen LogP contribution in [-0.4, -0.2) is 30.4 Å². The van der Waals surface area contributed by atoms with Crippen molar-refractivity contribution in [3.8, 4) is 17.2 Å². The number of hydrazone groups is 1. The predicted molar refractivity (Wildman–Crippen MR) is 109 cm³/mol. The summed E-state index contributed by atoms with van der Waals surface area (Å²) in [6.07, 6.45) is 1.46. The van der Waals surface area contributed by atoms with Gasteiger partial charge in [-0.1, -0.05) is 26.0 Å². The van der Waals surface area contributed by atoms with Crippen molar-refractivity contribution in [2.45, 2.75) is 26.7 Å². The third kappa shape index (κ3) is 6.29. The van der Waals surface area contributed by atoms with Gasteiger partial charge in [0.1, 0.15) is 5.75 Å². The molecule has 2 rings (SSSR count). The molecule has 0 saturated heterocycles. The standard InChI is InChI=1S/C20H23BrN2O4/c1-4-26-18-10-14(9-17(21)20(18)25)11-22-23-19(24)12-27-16-7-5-15(6-8-16)13(2)3/h5-11,13,25H,4,12H2,1-3H3,(H,23,24)/b22-11-. The molecule has 0 unspecified atom stereocenters. The number of benzene rings is 2. The molecule has 0 aliphatic carbocycles. The molecule has 6 nitrogen and oxygen atoms in total. The van der Waals surface area contributed by atoms with Gasteiger partial charge in [0.2, 0.25) is 0 Å². The summed E-state index contributed by atoms with van der Waals surface area (Å²) in [5.74, 6) is 1.06. The van der Waals surface area contributed by atoms with Gasteiger partial charge in [0.05, 0.1) is 17.3 Å². The van der Waals surface area contributed by atoms with Crippen molar-refractivity contribution in [1.29, 1.82) is 0 Å². The number of rotatable bonds is 8. The Hall–Kier alpha value is -2.54. The predicted octanol–water partition coefficient (Wildman–Crippen LogP) is 4.21. The smallest absolute Gasteiger partial charge is 0.277 e. The molecule has 0 heterocycles. The lowest BCUT2D eigenvalue weighted by atomic mass is 10.0. The van der Waals surface area contributed by atoms with E-state index in [0.717, 1.165) is 0 Å². The lowest BCUT2D eigenvalue weighted by molar-refractivity contribution is -0.123. The summed E-state index contributed by atoms with van der Waals surface area (Å²) in [4.78, 5) is 11.8. The van der Waals surface area contributed by atoms with Crippen LogP contribution < -0.4 is 14.9 Å². The Bertz CT molecular complexity index is 804. The molecule has 2 aromatic rings. The Morgan fingerprint density at radius 2 is 1.96 bits per heavy atom. The molecule has 2 aromatic carbocycles. The largest absolute Gasteiger partial charge is 0.503 e. The normalized spacial score (nSPS) is 11.0. The number of nitrogens with zero attached hydrogens (tertiary/aromatic N) is 1. The lowest BCUT2D eigenvalue weighted by Crippen LogP contribution is -2.24. The van der Waals surface area contributed by atoms with E-state index < -0.39 is 0 Å². The number of hydrogen-bond donors (Lipinski definition) is 2.